The van der Waals surface area contributed by atoms with Crippen LogP contribution in [0, 0.1) is 17.2 Å². The van der Waals surface area contributed by atoms with Crippen molar-refractivity contribution in [2.24, 2.45) is 11.3 Å². The Labute approximate surface area is 126 Å². The Bertz CT molecular complexity index is 452. The summed E-state index contributed by atoms with van der Waals surface area (Å²) in [6.45, 7) is 4.46. The number of ether oxygens (including phenoxy) is 1. The van der Waals surface area contributed by atoms with E-state index in [4.69, 9.17) is 16.3 Å². The van der Waals surface area contributed by atoms with E-state index >= 15 is 0 Å². The van der Waals surface area contributed by atoms with Crippen LogP contribution in [0.1, 0.15) is 56.9 Å². The third-order valence-electron chi connectivity index (χ3n) is 4.42. The topological polar surface area (TPSA) is 9.23 Å². The lowest BCUT2D eigenvalue weighted by atomic mass is 9.73. The number of rotatable bonds is 5. The second-order valence-electron chi connectivity index (χ2n) is 6.42. The minimum Gasteiger partial charge on any atom is -0.496 e. The second kappa shape index (κ2) is 6.34. The zero-order chi connectivity index (χ0) is 14.8. The molecule has 0 radical (unpaired) electrons. The Hall–Kier alpha value is -0.760. The molecule has 1 fully saturated rings. The van der Waals surface area contributed by atoms with Gasteiger partial charge in [-0.3, -0.25) is 0 Å². The van der Waals surface area contributed by atoms with Crippen molar-refractivity contribution in [2.45, 2.75) is 51.3 Å². The van der Waals surface area contributed by atoms with Gasteiger partial charge in [0.25, 0.3) is 0 Å². The monoisotopic (exact) mass is 298 g/mol. The Morgan fingerprint density at radius 3 is 2.50 bits per heavy atom. The summed E-state index contributed by atoms with van der Waals surface area (Å²) in [4.78, 5) is 0. The smallest absolute Gasteiger partial charge is 0.123 e. The summed E-state index contributed by atoms with van der Waals surface area (Å²) in [5.74, 6) is 1.04. The van der Waals surface area contributed by atoms with E-state index in [1.165, 1.54) is 25.0 Å². The van der Waals surface area contributed by atoms with Crippen molar-refractivity contribution in [1.82, 2.24) is 0 Å². The van der Waals surface area contributed by atoms with Crippen LogP contribution in [0.2, 0.25) is 0 Å². The first kappa shape index (κ1) is 15.6. The van der Waals surface area contributed by atoms with Gasteiger partial charge >= 0.3 is 0 Å². The molecule has 1 aliphatic carbocycles. The molecular formula is C17H24ClFO. The minimum absolute atomic E-state index is 0.0802. The van der Waals surface area contributed by atoms with Gasteiger partial charge in [0.1, 0.15) is 11.6 Å². The van der Waals surface area contributed by atoms with Crippen molar-refractivity contribution >= 4 is 11.6 Å². The van der Waals surface area contributed by atoms with E-state index < -0.39 is 0 Å². The molecule has 1 unspecified atom stereocenters. The fraction of sp³-hybridized carbons (Fsp3) is 0.647. The number of halogens is 2. The number of hydrogen-bond acceptors (Lipinski definition) is 1. The molecule has 1 aromatic rings. The molecule has 0 aliphatic heterocycles. The molecule has 3 heteroatoms. The number of hydrogen-bond donors (Lipinski definition) is 0. The average Bonchev–Trinajstić information content (AvgIpc) is 2.86. The predicted molar refractivity (Wildman–Crippen MR) is 81.9 cm³/mol. The van der Waals surface area contributed by atoms with Crippen LogP contribution in [-0.4, -0.2) is 7.11 Å². The number of benzene rings is 1. The van der Waals surface area contributed by atoms with Crippen molar-refractivity contribution < 1.29 is 9.13 Å². The van der Waals surface area contributed by atoms with Gasteiger partial charge in [0.2, 0.25) is 0 Å². The van der Waals surface area contributed by atoms with Gasteiger partial charge in [-0.05, 0) is 48.8 Å². The Balaban J connectivity index is 2.36. The van der Waals surface area contributed by atoms with Gasteiger partial charge < -0.3 is 4.74 Å². The Morgan fingerprint density at radius 1 is 1.30 bits per heavy atom. The maximum absolute atomic E-state index is 13.6. The first-order chi connectivity index (χ1) is 9.48. The fourth-order valence-electron chi connectivity index (χ4n) is 3.69. The number of methoxy groups -OCH3 is 1. The van der Waals surface area contributed by atoms with Crippen LogP contribution in [-0.2, 0) is 0 Å². The lowest BCUT2D eigenvalue weighted by molar-refractivity contribution is 0.220. The maximum atomic E-state index is 13.6. The first-order valence-corrected chi connectivity index (χ1v) is 7.90. The van der Waals surface area contributed by atoms with Gasteiger partial charge in [-0.1, -0.05) is 26.7 Å². The van der Waals surface area contributed by atoms with Gasteiger partial charge in [0.15, 0.2) is 0 Å². The summed E-state index contributed by atoms with van der Waals surface area (Å²) < 4.78 is 19.0. The molecule has 20 heavy (non-hydrogen) atoms. The van der Waals surface area contributed by atoms with Crippen molar-refractivity contribution in [3.8, 4) is 5.75 Å². The van der Waals surface area contributed by atoms with Crippen LogP contribution in [0.25, 0.3) is 0 Å². The predicted octanol–water partition coefficient (Wildman–Crippen LogP) is 5.72. The van der Waals surface area contributed by atoms with Crippen molar-refractivity contribution in [3.05, 3.63) is 29.6 Å². The highest BCUT2D eigenvalue weighted by Crippen LogP contribution is 2.55. The van der Waals surface area contributed by atoms with Crippen molar-refractivity contribution in [1.29, 1.82) is 0 Å². The molecule has 112 valence electrons. The quantitative estimate of drug-likeness (QED) is 0.632. The Morgan fingerprint density at radius 2 is 1.95 bits per heavy atom. The molecule has 1 saturated carbocycles. The summed E-state index contributed by atoms with van der Waals surface area (Å²) in [6.07, 6.45) is 5.76. The van der Waals surface area contributed by atoms with E-state index in [9.17, 15) is 4.39 Å². The molecule has 1 aliphatic rings. The lowest BCUT2D eigenvalue weighted by Gasteiger charge is -2.36. The van der Waals surface area contributed by atoms with Crippen LogP contribution >= 0.6 is 11.6 Å². The second-order valence-corrected chi connectivity index (χ2v) is 6.85. The summed E-state index contributed by atoms with van der Waals surface area (Å²) in [6, 6.07) is 4.64. The normalized spacial score (nSPS) is 19.3. The minimum atomic E-state index is -0.246. The summed E-state index contributed by atoms with van der Waals surface area (Å²) >= 11 is 6.82. The standard InChI is InChI=1S/C17H24ClFO/c1-12(2)11-17(8-4-5-9-17)16(18)14-10-13(19)6-7-15(14)20-3/h6-7,10,12,16H,4-5,8-9,11H2,1-3H3. The third-order valence-corrected chi connectivity index (χ3v) is 5.11. The lowest BCUT2D eigenvalue weighted by Crippen LogP contribution is -2.25. The van der Waals surface area contributed by atoms with Crippen LogP contribution in [0.3, 0.4) is 0 Å². The zero-order valence-corrected chi connectivity index (χ0v) is 13.3. The van der Waals surface area contributed by atoms with E-state index in [2.05, 4.69) is 13.8 Å². The van der Waals surface area contributed by atoms with E-state index in [-0.39, 0.29) is 16.6 Å². The molecule has 0 spiro atoms. The van der Waals surface area contributed by atoms with Crippen LogP contribution in [0.5, 0.6) is 5.75 Å². The Kier molecular flexibility index (Phi) is 4.95. The van der Waals surface area contributed by atoms with Gasteiger partial charge in [-0.15, -0.1) is 11.6 Å². The fourth-order valence-corrected chi connectivity index (χ4v) is 4.16. The van der Waals surface area contributed by atoms with Gasteiger partial charge in [-0.25, -0.2) is 4.39 Å². The molecule has 0 heterocycles. The van der Waals surface area contributed by atoms with Gasteiger partial charge in [0, 0.05) is 5.56 Å². The van der Waals surface area contributed by atoms with E-state index in [1.807, 2.05) is 0 Å². The molecule has 2 rings (SSSR count). The van der Waals surface area contributed by atoms with E-state index in [0.717, 1.165) is 24.8 Å². The SMILES string of the molecule is COc1ccc(F)cc1C(Cl)C1(CC(C)C)CCCC1. The molecule has 1 atom stereocenters. The maximum Gasteiger partial charge on any atom is 0.123 e. The van der Waals surface area contributed by atoms with E-state index in [1.54, 1.807) is 13.2 Å². The molecule has 0 N–H and O–H groups in total. The average molecular weight is 299 g/mol. The molecule has 0 bridgehead atoms. The molecule has 1 nitrogen and oxygen atoms in total. The van der Waals surface area contributed by atoms with E-state index in [0.29, 0.717) is 11.7 Å². The first-order valence-electron chi connectivity index (χ1n) is 7.46. The highest BCUT2D eigenvalue weighted by molar-refractivity contribution is 6.21. The van der Waals surface area contributed by atoms with Crippen molar-refractivity contribution in [2.75, 3.05) is 7.11 Å². The van der Waals surface area contributed by atoms with Crippen molar-refractivity contribution in [3.63, 3.8) is 0 Å². The summed E-state index contributed by atoms with van der Waals surface area (Å²) in [5.41, 5.74) is 0.883. The summed E-state index contributed by atoms with van der Waals surface area (Å²) in [5, 5.41) is -0.182. The molecule has 1 aromatic carbocycles. The number of alkyl halides is 1. The molecule has 0 saturated heterocycles. The van der Waals surface area contributed by atoms with Crippen LogP contribution in [0.15, 0.2) is 18.2 Å². The van der Waals surface area contributed by atoms with Gasteiger partial charge in [0.05, 0.1) is 12.5 Å². The molecule has 0 amide bonds. The molecule has 0 aromatic heterocycles. The molecular weight excluding hydrogens is 275 g/mol. The largest absolute Gasteiger partial charge is 0.496 e. The van der Waals surface area contributed by atoms with Crippen LogP contribution in [0.4, 0.5) is 4.39 Å². The zero-order valence-electron chi connectivity index (χ0n) is 12.6. The van der Waals surface area contributed by atoms with Crippen LogP contribution < -0.4 is 4.74 Å². The highest BCUT2D eigenvalue weighted by Gasteiger charge is 2.42. The summed E-state index contributed by atoms with van der Waals surface area (Å²) in [7, 11) is 1.62. The van der Waals surface area contributed by atoms with Gasteiger partial charge in [-0.2, -0.15) is 0 Å². The highest BCUT2D eigenvalue weighted by atomic mass is 35.5. The third kappa shape index (κ3) is 3.11.